The van der Waals surface area contributed by atoms with Crippen LogP contribution >= 0.6 is 0 Å². The molecule has 3 nitrogen and oxygen atoms in total. The maximum absolute atomic E-state index is 5.32. The zero-order valence-corrected chi connectivity index (χ0v) is 15.3. The predicted molar refractivity (Wildman–Crippen MR) is 101 cm³/mol. The molecule has 1 aliphatic heterocycles. The van der Waals surface area contributed by atoms with Crippen LogP contribution in [-0.4, -0.2) is 23.5 Å². The maximum atomic E-state index is 5.32. The van der Waals surface area contributed by atoms with Crippen molar-refractivity contribution in [2.24, 2.45) is 5.92 Å². The van der Waals surface area contributed by atoms with Gasteiger partial charge in [-0.2, -0.15) is 0 Å². The van der Waals surface area contributed by atoms with Gasteiger partial charge in [0.15, 0.2) is 0 Å². The minimum atomic E-state index is 0.395. The average molecular weight is 336 g/mol. The Morgan fingerprint density at radius 3 is 2.72 bits per heavy atom. The summed E-state index contributed by atoms with van der Waals surface area (Å²) >= 11 is 0. The van der Waals surface area contributed by atoms with E-state index in [2.05, 4.69) is 48.2 Å². The molecule has 132 valence electrons. The zero-order valence-electron chi connectivity index (χ0n) is 15.3. The van der Waals surface area contributed by atoms with Crippen molar-refractivity contribution in [1.82, 2.24) is 9.88 Å². The molecule has 1 saturated heterocycles. The lowest BCUT2D eigenvalue weighted by molar-refractivity contribution is 0.0510. The summed E-state index contributed by atoms with van der Waals surface area (Å²) < 4.78 is 5.32. The molecule has 25 heavy (non-hydrogen) atoms. The van der Waals surface area contributed by atoms with Crippen molar-refractivity contribution in [3.05, 3.63) is 59.4 Å². The molecule has 0 spiro atoms. The van der Waals surface area contributed by atoms with Crippen molar-refractivity contribution in [2.75, 3.05) is 13.7 Å². The molecule has 0 N–H and O–H groups in total. The van der Waals surface area contributed by atoms with Crippen LogP contribution in [0, 0.1) is 5.92 Å². The molecule has 1 fully saturated rings. The highest BCUT2D eigenvalue weighted by molar-refractivity contribution is 5.30. The van der Waals surface area contributed by atoms with E-state index in [1.165, 1.54) is 48.9 Å². The van der Waals surface area contributed by atoms with Gasteiger partial charge in [-0.1, -0.05) is 18.2 Å². The fourth-order valence-electron chi connectivity index (χ4n) is 4.78. The number of benzene rings is 1. The van der Waals surface area contributed by atoms with Crippen LogP contribution in [-0.2, 0) is 6.42 Å². The molecular weight excluding hydrogens is 308 g/mol. The number of aromatic nitrogens is 1. The monoisotopic (exact) mass is 336 g/mol. The van der Waals surface area contributed by atoms with Gasteiger partial charge in [-0.15, -0.1) is 0 Å². The molecule has 0 saturated carbocycles. The fourth-order valence-corrected chi connectivity index (χ4v) is 4.78. The first-order chi connectivity index (χ1) is 12.3. The van der Waals surface area contributed by atoms with Crippen molar-refractivity contribution in [2.45, 2.75) is 51.1 Å². The minimum absolute atomic E-state index is 0.395. The number of aryl methyl sites for hydroxylation is 1. The molecule has 2 aromatic rings. The van der Waals surface area contributed by atoms with Crippen LogP contribution in [0.4, 0.5) is 0 Å². The molecule has 1 aliphatic carbocycles. The summed E-state index contributed by atoms with van der Waals surface area (Å²) in [6, 6.07) is 13.8. The summed E-state index contributed by atoms with van der Waals surface area (Å²) in [5.74, 6) is 1.67. The van der Waals surface area contributed by atoms with Crippen molar-refractivity contribution >= 4 is 0 Å². The Labute approximate surface area is 151 Å². The first kappa shape index (κ1) is 16.6. The largest absolute Gasteiger partial charge is 0.497 e. The van der Waals surface area contributed by atoms with Gasteiger partial charge in [0.05, 0.1) is 18.8 Å². The quantitative estimate of drug-likeness (QED) is 0.794. The summed E-state index contributed by atoms with van der Waals surface area (Å²) in [5, 5.41) is 0. The SMILES string of the molecule is COc1ccc([C@@H](C)N2CCC[C@@H]3CCCc4cccnc4[C@H]32)cc1. The van der Waals surface area contributed by atoms with Crippen molar-refractivity contribution in [3.63, 3.8) is 0 Å². The standard InChI is InChI=1S/C22H28N2O/c1-16(17-10-12-20(25-2)13-11-17)24-15-5-9-19-7-3-6-18-8-4-14-23-21(18)22(19)24/h4,8,10-14,16,19,22H,3,5-7,9,15H2,1-2H3/t16-,19+,22+/m1/s1. The minimum Gasteiger partial charge on any atom is -0.497 e. The number of hydrogen-bond acceptors (Lipinski definition) is 3. The van der Waals surface area contributed by atoms with E-state index in [1.807, 2.05) is 6.20 Å². The van der Waals surface area contributed by atoms with Crippen LogP contribution in [0.3, 0.4) is 0 Å². The third kappa shape index (κ3) is 3.18. The van der Waals surface area contributed by atoms with Crippen molar-refractivity contribution in [1.29, 1.82) is 0 Å². The molecule has 2 aliphatic rings. The number of nitrogens with zero attached hydrogens (tertiary/aromatic N) is 2. The van der Waals surface area contributed by atoms with E-state index in [-0.39, 0.29) is 0 Å². The van der Waals surface area contributed by atoms with Crippen molar-refractivity contribution < 1.29 is 4.74 Å². The molecule has 0 bridgehead atoms. The Bertz CT molecular complexity index is 712. The predicted octanol–water partition coefficient (Wildman–Crippen LogP) is 4.94. The highest BCUT2D eigenvalue weighted by Gasteiger charge is 2.38. The number of methoxy groups -OCH3 is 1. The first-order valence-electron chi connectivity index (χ1n) is 9.61. The van der Waals surface area contributed by atoms with Crippen LogP contribution in [0.2, 0.25) is 0 Å². The lowest BCUT2D eigenvalue weighted by Gasteiger charge is -2.44. The van der Waals surface area contributed by atoms with Gasteiger partial charge < -0.3 is 4.74 Å². The van der Waals surface area contributed by atoms with Crippen LogP contribution in [0.5, 0.6) is 5.75 Å². The number of rotatable bonds is 3. The molecule has 4 rings (SSSR count). The number of likely N-dealkylation sites (tertiary alicyclic amines) is 1. The van der Waals surface area contributed by atoms with E-state index in [4.69, 9.17) is 9.72 Å². The molecule has 0 radical (unpaired) electrons. The number of ether oxygens (including phenoxy) is 1. The second-order valence-corrected chi connectivity index (χ2v) is 7.47. The molecule has 0 amide bonds. The van der Waals surface area contributed by atoms with Crippen LogP contribution in [0.15, 0.2) is 42.6 Å². The summed E-state index contributed by atoms with van der Waals surface area (Å²) in [6.45, 7) is 3.50. The van der Waals surface area contributed by atoms with E-state index in [9.17, 15) is 0 Å². The number of hydrogen-bond donors (Lipinski definition) is 0. The van der Waals surface area contributed by atoms with E-state index >= 15 is 0 Å². The summed E-state index contributed by atoms with van der Waals surface area (Å²) in [5.41, 5.74) is 4.16. The molecule has 0 unspecified atom stereocenters. The molecule has 2 heterocycles. The molecule has 3 atom stereocenters. The third-order valence-corrected chi connectivity index (χ3v) is 6.12. The Morgan fingerprint density at radius 1 is 1.12 bits per heavy atom. The molecule has 3 heteroatoms. The van der Waals surface area contributed by atoms with E-state index in [0.29, 0.717) is 12.1 Å². The lowest BCUT2D eigenvalue weighted by atomic mass is 9.83. The second-order valence-electron chi connectivity index (χ2n) is 7.47. The smallest absolute Gasteiger partial charge is 0.118 e. The zero-order chi connectivity index (χ0) is 17.2. The van der Waals surface area contributed by atoms with Gasteiger partial charge >= 0.3 is 0 Å². The number of pyridine rings is 1. The van der Waals surface area contributed by atoms with Gasteiger partial charge in [0.1, 0.15) is 5.75 Å². The number of fused-ring (bicyclic) bond motifs is 3. The van der Waals surface area contributed by atoms with E-state index in [1.54, 1.807) is 7.11 Å². The van der Waals surface area contributed by atoms with Crippen LogP contribution < -0.4 is 4.74 Å². The Balaban J connectivity index is 1.68. The second kappa shape index (κ2) is 7.17. The van der Waals surface area contributed by atoms with Gasteiger partial charge in [0.2, 0.25) is 0 Å². The van der Waals surface area contributed by atoms with Gasteiger partial charge in [0.25, 0.3) is 0 Å². The summed E-state index contributed by atoms with van der Waals surface area (Å²) in [6.07, 6.45) is 8.42. The topological polar surface area (TPSA) is 25.4 Å². The summed E-state index contributed by atoms with van der Waals surface area (Å²) in [4.78, 5) is 7.56. The summed E-state index contributed by atoms with van der Waals surface area (Å²) in [7, 11) is 1.72. The molecule has 1 aromatic carbocycles. The Hall–Kier alpha value is -1.87. The van der Waals surface area contributed by atoms with Gasteiger partial charge in [-0.25, -0.2) is 0 Å². The van der Waals surface area contributed by atoms with Gasteiger partial charge in [-0.05, 0) is 80.8 Å². The van der Waals surface area contributed by atoms with Crippen LogP contribution in [0.1, 0.15) is 61.5 Å². The van der Waals surface area contributed by atoms with Crippen LogP contribution in [0.25, 0.3) is 0 Å². The average Bonchev–Trinajstić information content (AvgIpc) is 2.87. The highest BCUT2D eigenvalue weighted by atomic mass is 16.5. The molecular formula is C22H28N2O. The third-order valence-electron chi connectivity index (χ3n) is 6.12. The molecule has 1 aromatic heterocycles. The maximum Gasteiger partial charge on any atom is 0.118 e. The van der Waals surface area contributed by atoms with E-state index < -0.39 is 0 Å². The fraction of sp³-hybridized carbons (Fsp3) is 0.500. The van der Waals surface area contributed by atoms with E-state index in [0.717, 1.165) is 18.2 Å². The highest BCUT2D eigenvalue weighted by Crippen LogP contribution is 2.45. The first-order valence-corrected chi connectivity index (χ1v) is 9.61. The van der Waals surface area contributed by atoms with Crippen molar-refractivity contribution in [3.8, 4) is 5.75 Å². The lowest BCUT2D eigenvalue weighted by Crippen LogP contribution is -2.40. The Morgan fingerprint density at radius 2 is 1.92 bits per heavy atom. The Kier molecular flexibility index (Phi) is 4.76. The normalized spacial score (nSPS) is 24.7. The van der Waals surface area contributed by atoms with Gasteiger partial charge in [-0.3, -0.25) is 9.88 Å². The number of piperidine rings is 1. The van der Waals surface area contributed by atoms with Gasteiger partial charge in [0, 0.05) is 12.2 Å².